The second-order valence-electron chi connectivity index (χ2n) is 15.1. The van der Waals surface area contributed by atoms with Gasteiger partial charge in [0.15, 0.2) is 6.29 Å². The maximum atomic E-state index is 7.19. The van der Waals surface area contributed by atoms with Crippen molar-refractivity contribution in [2.24, 2.45) is 5.92 Å². The van der Waals surface area contributed by atoms with Crippen molar-refractivity contribution in [3.63, 3.8) is 0 Å². The van der Waals surface area contributed by atoms with Crippen LogP contribution in [0, 0.1) is 12.5 Å². The molecule has 0 spiro atoms. The van der Waals surface area contributed by atoms with Gasteiger partial charge in [-0.2, -0.15) is 0 Å². The van der Waals surface area contributed by atoms with Crippen molar-refractivity contribution in [1.29, 1.82) is 0 Å². The third kappa shape index (κ3) is 12.4. The average molecular weight is 808 g/mol. The predicted molar refractivity (Wildman–Crippen MR) is 227 cm³/mol. The van der Waals surface area contributed by atoms with Crippen molar-refractivity contribution in [3.8, 4) is 11.5 Å². The molecule has 6 atom stereocenters. The van der Waals surface area contributed by atoms with Crippen molar-refractivity contribution in [2.45, 2.75) is 110 Å². The van der Waals surface area contributed by atoms with E-state index < -0.39 is 20.4 Å². The molecule has 314 valence electrons. The molecular formula is C45H66N3O8P. The summed E-state index contributed by atoms with van der Waals surface area (Å²) in [6, 6.07) is 26.6. The smallest absolute Gasteiger partial charge is 0.259 e. The molecular weight excluding hydrogens is 741 g/mol. The molecule has 57 heavy (non-hydrogen) atoms. The third-order valence-electron chi connectivity index (χ3n) is 10.1. The van der Waals surface area contributed by atoms with Gasteiger partial charge in [0.2, 0.25) is 6.54 Å². The summed E-state index contributed by atoms with van der Waals surface area (Å²) in [6.45, 7) is 26.2. The summed E-state index contributed by atoms with van der Waals surface area (Å²) in [5.74, 6) is 1.62. The van der Waals surface area contributed by atoms with E-state index >= 15 is 0 Å². The van der Waals surface area contributed by atoms with Gasteiger partial charge in [-0.3, -0.25) is 0 Å². The lowest BCUT2D eigenvalue weighted by atomic mass is 9.80. The molecule has 11 nitrogen and oxygen atoms in total. The van der Waals surface area contributed by atoms with Gasteiger partial charge >= 0.3 is 0 Å². The molecule has 0 radical (unpaired) electrons. The van der Waals surface area contributed by atoms with E-state index in [1.807, 2.05) is 42.5 Å². The van der Waals surface area contributed by atoms with E-state index in [2.05, 4.69) is 107 Å². The lowest BCUT2D eigenvalue weighted by Crippen LogP contribution is -2.62. The molecule has 12 heteroatoms. The number of rotatable bonds is 24. The number of nitrogens with one attached hydrogen (secondary N) is 1. The Balaban J connectivity index is 1.54. The number of ether oxygens (including phenoxy) is 6. The predicted octanol–water partition coefficient (Wildman–Crippen LogP) is 8.85. The molecule has 3 aromatic rings. The number of methoxy groups -OCH3 is 2. The maximum absolute atomic E-state index is 7.19. The summed E-state index contributed by atoms with van der Waals surface area (Å²) in [6.07, 6.45) is -0.0435. The van der Waals surface area contributed by atoms with Gasteiger partial charge in [-0.05, 0) is 75.1 Å². The Kier molecular flexibility index (Phi) is 19.2. The molecule has 1 heterocycles. The van der Waals surface area contributed by atoms with Gasteiger partial charge in [-0.1, -0.05) is 82.3 Å². The van der Waals surface area contributed by atoms with Crippen LogP contribution in [0.25, 0.3) is 4.85 Å². The molecule has 1 N–H and O–H groups in total. The zero-order valence-corrected chi connectivity index (χ0v) is 36.6. The van der Waals surface area contributed by atoms with Crippen LogP contribution in [0.1, 0.15) is 78.5 Å². The van der Waals surface area contributed by atoms with Crippen LogP contribution < -0.4 is 14.8 Å². The lowest BCUT2D eigenvalue weighted by molar-refractivity contribution is -0.261. The Hall–Kier alpha value is -3.14. The number of benzene rings is 3. The number of nitrogens with zero attached hydrogens (tertiary/aromatic N) is 2. The van der Waals surface area contributed by atoms with Gasteiger partial charge in [0.05, 0.1) is 58.9 Å². The van der Waals surface area contributed by atoms with E-state index in [1.54, 1.807) is 14.2 Å². The van der Waals surface area contributed by atoms with E-state index in [4.69, 9.17) is 44.0 Å². The minimum Gasteiger partial charge on any atom is -0.497 e. The molecule has 1 aliphatic heterocycles. The highest BCUT2D eigenvalue weighted by atomic mass is 31.2. The van der Waals surface area contributed by atoms with E-state index in [0.717, 1.165) is 34.6 Å². The van der Waals surface area contributed by atoms with E-state index in [9.17, 15) is 0 Å². The highest BCUT2D eigenvalue weighted by molar-refractivity contribution is 7.44. The molecule has 0 aliphatic carbocycles. The first-order valence-corrected chi connectivity index (χ1v) is 21.4. The maximum Gasteiger partial charge on any atom is 0.259 e. The third-order valence-corrected chi connectivity index (χ3v) is 12.2. The normalized spacial score (nSPS) is 20.6. The van der Waals surface area contributed by atoms with Crippen molar-refractivity contribution >= 4 is 8.53 Å². The number of hydrogen-bond acceptors (Lipinski definition) is 10. The van der Waals surface area contributed by atoms with Gasteiger partial charge < -0.3 is 47.6 Å². The van der Waals surface area contributed by atoms with E-state index in [-0.39, 0.29) is 55.5 Å². The van der Waals surface area contributed by atoms with Gasteiger partial charge in [0.1, 0.15) is 23.7 Å². The van der Waals surface area contributed by atoms with Crippen LogP contribution in [-0.4, -0.2) is 101 Å². The fourth-order valence-electron chi connectivity index (χ4n) is 7.54. The van der Waals surface area contributed by atoms with Gasteiger partial charge in [0.25, 0.3) is 8.53 Å². The van der Waals surface area contributed by atoms with Crippen LogP contribution in [-0.2, 0) is 33.6 Å². The molecule has 1 fully saturated rings. The second kappa shape index (κ2) is 23.5. The minimum absolute atomic E-state index is 0.0690. The van der Waals surface area contributed by atoms with Crippen LogP contribution in [0.5, 0.6) is 11.5 Å². The van der Waals surface area contributed by atoms with Crippen LogP contribution in [0.4, 0.5) is 0 Å². The van der Waals surface area contributed by atoms with Gasteiger partial charge in [-0.25, -0.2) is 11.2 Å². The van der Waals surface area contributed by atoms with Crippen LogP contribution in [0.3, 0.4) is 0 Å². The zero-order valence-electron chi connectivity index (χ0n) is 35.7. The van der Waals surface area contributed by atoms with Crippen LogP contribution >= 0.6 is 8.53 Å². The Labute approximate surface area is 343 Å². The fourth-order valence-corrected chi connectivity index (χ4v) is 9.10. The van der Waals surface area contributed by atoms with Crippen LogP contribution in [0.15, 0.2) is 78.9 Å². The molecule has 6 unspecified atom stereocenters. The molecule has 1 aliphatic rings. The Bertz CT molecular complexity index is 1550. The average Bonchev–Trinajstić information content (AvgIpc) is 3.21. The Morgan fingerprint density at radius 2 is 1.30 bits per heavy atom. The van der Waals surface area contributed by atoms with E-state index in [0.29, 0.717) is 26.4 Å². The first-order valence-electron chi connectivity index (χ1n) is 20.3. The monoisotopic (exact) mass is 807 g/mol. The zero-order chi connectivity index (χ0) is 41.4. The molecule has 4 rings (SSSR count). The standard InChI is InChI=1S/C45H66N3O8P/c1-12-41-35(8)43(51-29-31-55-57(54-27-26-46-9)48(33(4)5)34(6)7)42(47-32(2)3)44(56-41)52-28-30-53-45(36-16-14-13-15-17-36,37-18-22-39(49-10)23-19-37)38-20-24-40(50-11)25-21-38/h13-25,32-35,41-44,47H,12,26-31H2,1-8,10-11H3. The molecule has 0 saturated carbocycles. The molecule has 0 bridgehead atoms. The largest absolute Gasteiger partial charge is 0.497 e. The molecule has 0 aromatic heterocycles. The van der Waals surface area contributed by atoms with Crippen LogP contribution in [0.2, 0.25) is 0 Å². The molecule has 1 saturated heterocycles. The fraction of sp³-hybridized carbons (Fsp3) is 0.578. The first-order chi connectivity index (χ1) is 27.5. The van der Waals surface area contributed by atoms with E-state index in [1.165, 1.54) is 0 Å². The summed E-state index contributed by atoms with van der Waals surface area (Å²) in [5.41, 5.74) is 1.93. The Morgan fingerprint density at radius 1 is 0.754 bits per heavy atom. The summed E-state index contributed by atoms with van der Waals surface area (Å²) in [5, 5.41) is 3.71. The summed E-state index contributed by atoms with van der Waals surface area (Å²) in [4.78, 5) is 3.46. The highest BCUT2D eigenvalue weighted by Gasteiger charge is 2.45. The minimum atomic E-state index is -1.36. The lowest BCUT2D eigenvalue weighted by Gasteiger charge is -2.46. The van der Waals surface area contributed by atoms with Crippen molar-refractivity contribution in [1.82, 2.24) is 9.99 Å². The van der Waals surface area contributed by atoms with Gasteiger partial charge in [0, 0.05) is 24.0 Å². The summed E-state index contributed by atoms with van der Waals surface area (Å²) < 4.78 is 52.9. The van der Waals surface area contributed by atoms with Gasteiger partial charge in [-0.15, -0.1) is 0 Å². The quantitative estimate of drug-likeness (QED) is 0.0410. The number of hydrogen-bond donors (Lipinski definition) is 1. The molecule has 3 aromatic carbocycles. The highest BCUT2D eigenvalue weighted by Crippen LogP contribution is 2.46. The first kappa shape index (κ1) is 46.5. The summed E-state index contributed by atoms with van der Waals surface area (Å²) >= 11 is 0. The van der Waals surface area contributed by atoms with Crippen molar-refractivity contribution < 1.29 is 37.5 Å². The Morgan fingerprint density at radius 3 is 1.81 bits per heavy atom. The van der Waals surface area contributed by atoms with Crippen molar-refractivity contribution in [2.75, 3.05) is 53.8 Å². The van der Waals surface area contributed by atoms with Crippen molar-refractivity contribution in [3.05, 3.63) is 107 Å². The topological polar surface area (TPSA) is 93.5 Å². The second-order valence-corrected chi connectivity index (χ2v) is 16.5. The summed E-state index contributed by atoms with van der Waals surface area (Å²) in [7, 11) is 1.97. The SMILES string of the molecule is [C-]#[N+]CCOP(OCCOC1C(C)C(CC)OC(OCCOC(c2ccccc2)(c2ccc(OC)cc2)c2ccc(OC)cc2)C1NC(C)C)N(C(C)C)C(C)C. The molecule has 0 amide bonds.